The highest BCUT2D eigenvalue weighted by Crippen LogP contribution is 2.27. The highest BCUT2D eigenvalue weighted by Gasteiger charge is 2.23. The Kier molecular flexibility index (Phi) is 9.45. The number of halogens is 2. The molecule has 1 atom stereocenters. The highest BCUT2D eigenvalue weighted by molar-refractivity contribution is 14.0. The number of guanidine groups is 1. The molecule has 0 radical (unpaired) electrons. The molecule has 3 rings (SSSR count). The van der Waals surface area contributed by atoms with Crippen LogP contribution in [0.1, 0.15) is 31.4 Å². The van der Waals surface area contributed by atoms with Gasteiger partial charge in [-0.05, 0) is 43.4 Å². The Bertz CT molecular complexity index is 559. The van der Waals surface area contributed by atoms with Gasteiger partial charge in [0.1, 0.15) is 0 Å². The van der Waals surface area contributed by atoms with E-state index in [4.69, 9.17) is 21.3 Å². The van der Waals surface area contributed by atoms with Crippen LogP contribution in [-0.4, -0.2) is 56.8 Å². The van der Waals surface area contributed by atoms with Crippen molar-refractivity contribution >= 4 is 41.5 Å². The first-order chi connectivity index (χ1) is 12.3. The Hall–Kier alpha value is -0.570. The average molecular weight is 493 g/mol. The van der Waals surface area contributed by atoms with E-state index in [2.05, 4.69) is 34.6 Å². The van der Waals surface area contributed by atoms with Crippen LogP contribution < -0.4 is 10.6 Å². The molecule has 1 saturated heterocycles. The Labute approximate surface area is 178 Å². The third-order valence-corrected chi connectivity index (χ3v) is 5.01. The van der Waals surface area contributed by atoms with Crippen molar-refractivity contribution in [1.82, 2.24) is 15.5 Å². The van der Waals surface area contributed by atoms with E-state index in [1.54, 1.807) is 0 Å². The molecule has 7 heteroatoms. The number of nitrogens with zero attached hydrogens (tertiary/aromatic N) is 2. The largest absolute Gasteiger partial charge is 0.379 e. The van der Waals surface area contributed by atoms with Crippen molar-refractivity contribution in [2.75, 3.05) is 45.9 Å². The predicted octanol–water partition coefficient (Wildman–Crippen LogP) is 3.30. The summed E-state index contributed by atoms with van der Waals surface area (Å²) in [6.45, 7) is 8.18. The van der Waals surface area contributed by atoms with Gasteiger partial charge in [0.15, 0.2) is 5.96 Å². The summed E-state index contributed by atoms with van der Waals surface area (Å²) < 4.78 is 5.52. The lowest BCUT2D eigenvalue weighted by Crippen LogP contribution is -2.42. The molecule has 1 saturated carbocycles. The molecule has 26 heavy (non-hydrogen) atoms. The van der Waals surface area contributed by atoms with Gasteiger partial charge in [0.2, 0.25) is 0 Å². The minimum atomic E-state index is 0. The van der Waals surface area contributed by atoms with Gasteiger partial charge >= 0.3 is 0 Å². The van der Waals surface area contributed by atoms with E-state index in [0.29, 0.717) is 0 Å². The fourth-order valence-electron chi connectivity index (χ4n) is 3.09. The van der Waals surface area contributed by atoms with Crippen molar-refractivity contribution in [1.29, 1.82) is 0 Å². The first-order valence-electron chi connectivity index (χ1n) is 9.35. The summed E-state index contributed by atoms with van der Waals surface area (Å²) in [5.41, 5.74) is 1.26. The number of aliphatic imine (C=N–C) groups is 1. The molecular formula is C19H30ClIN4O. The fraction of sp³-hybridized carbons (Fsp3) is 0.632. The number of hydrogen-bond donors (Lipinski definition) is 2. The molecule has 2 aliphatic rings. The smallest absolute Gasteiger partial charge is 0.191 e. The van der Waals surface area contributed by atoms with E-state index in [1.165, 1.54) is 18.4 Å². The third-order valence-electron chi connectivity index (χ3n) is 4.76. The molecule has 1 aliphatic heterocycles. The number of hydrogen-bond acceptors (Lipinski definition) is 3. The van der Waals surface area contributed by atoms with Crippen LogP contribution in [0.4, 0.5) is 0 Å². The number of benzene rings is 1. The van der Waals surface area contributed by atoms with E-state index >= 15 is 0 Å². The summed E-state index contributed by atoms with van der Waals surface area (Å²) in [6.07, 6.45) is 2.68. The highest BCUT2D eigenvalue weighted by atomic mass is 127. The lowest BCUT2D eigenvalue weighted by molar-refractivity contribution is 0.0179. The van der Waals surface area contributed by atoms with Crippen LogP contribution in [0.3, 0.4) is 0 Å². The number of ether oxygens (including phenoxy) is 1. The van der Waals surface area contributed by atoms with Crippen molar-refractivity contribution < 1.29 is 4.74 Å². The molecular weight excluding hydrogens is 463 g/mol. The number of morpholine rings is 1. The molecule has 0 bridgehead atoms. The SMILES string of the molecule is CCNC(=NCC(c1ccc(Cl)cc1)N1CCOCC1)NCC1CC1.I. The van der Waals surface area contributed by atoms with Gasteiger partial charge in [0, 0.05) is 31.2 Å². The number of rotatable bonds is 7. The molecule has 2 fully saturated rings. The van der Waals surface area contributed by atoms with Crippen LogP contribution in [0.15, 0.2) is 29.3 Å². The van der Waals surface area contributed by atoms with Crippen LogP contribution in [0.5, 0.6) is 0 Å². The van der Waals surface area contributed by atoms with Gasteiger partial charge in [-0.2, -0.15) is 0 Å². The van der Waals surface area contributed by atoms with Gasteiger partial charge in [0.25, 0.3) is 0 Å². The van der Waals surface area contributed by atoms with Gasteiger partial charge in [-0.25, -0.2) is 0 Å². The lowest BCUT2D eigenvalue weighted by Gasteiger charge is -2.34. The van der Waals surface area contributed by atoms with Gasteiger partial charge in [-0.1, -0.05) is 23.7 Å². The second-order valence-electron chi connectivity index (χ2n) is 6.76. The monoisotopic (exact) mass is 492 g/mol. The zero-order valence-corrected chi connectivity index (χ0v) is 18.5. The van der Waals surface area contributed by atoms with Crippen molar-refractivity contribution in [2.45, 2.75) is 25.8 Å². The average Bonchev–Trinajstić information content (AvgIpc) is 3.46. The van der Waals surface area contributed by atoms with Gasteiger partial charge in [-0.15, -0.1) is 24.0 Å². The summed E-state index contributed by atoms with van der Waals surface area (Å²) >= 11 is 6.07. The molecule has 1 aromatic carbocycles. The minimum absolute atomic E-state index is 0. The maximum Gasteiger partial charge on any atom is 0.191 e. The maximum atomic E-state index is 6.07. The summed E-state index contributed by atoms with van der Waals surface area (Å²) in [4.78, 5) is 7.33. The summed E-state index contributed by atoms with van der Waals surface area (Å²) in [6, 6.07) is 8.40. The van der Waals surface area contributed by atoms with E-state index in [9.17, 15) is 0 Å². The summed E-state index contributed by atoms with van der Waals surface area (Å²) in [5, 5.41) is 7.61. The fourth-order valence-corrected chi connectivity index (χ4v) is 3.21. The molecule has 0 aromatic heterocycles. The zero-order chi connectivity index (χ0) is 17.5. The van der Waals surface area contributed by atoms with Gasteiger partial charge < -0.3 is 15.4 Å². The van der Waals surface area contributed by atoms with Crippen molar-refractivity contribution in [3.63, 3.8) is 0 Å². The maximum absolute atomic E-state index is 6.07. The molecule has 0 spiro atoms. The van der Waals surface area contributed by atoms with Crippen LogP contribution in [0, 0.1) is 5.92 Å². The Morgan fingerprint density at radius 3 is 2.54 bits per heavy atom. The molecule has 1 heterocycles. The molecule has 0 amide bonds. The summed E-state index contributed by atoms with van der Waals surface area (Å²) in [7, 11) is 0. The Balaban J connectivity index is 0.00000243. The second-order valence-corrected chi connectivity index (χ2v) is 7.20. The molecule has 5 nitrogen and oxygen atoms in total. The van der Waals surface area contributed by atoms with Crippen LogP contribution in [0.2, 0.25) is 5.02 Å². The lowest BCUT2D eigenvalue weighted by atomic mass is 10.0. The van der Waals surface area contributed by atoms with Gasteiger partial charge in [0.05, 0.1) is 25.8 Å². The minimum Gasteiger partial charge on any atom is -0.379 e. The van der Waals surface area contributed by atoms with Crippen LogP contribution in [-0.2, 0) is 4.74 Å². The van der Waals surface area contributed by atoms with Crippen molar-refractivity contribution in [3.8, 4) is 0 Å². The van der Waals surface area contributed by atoms with Crippen LogP contribution >= 0.6 is 35.6 Å². The van der Waals surface area contributed by atoms with E-state index < -0.39 is 0 Å². The van der Waals surface area contributed by atoms with Crippen molar-refractivity contribution in [3.05, 3.63) is 34.9 Å². The van der Waals surface area contributed by atoms with E-state index in [-0.39, 0.29) is 30.0 Å². The molecule has 146 valence electrons. The second kappa shape index (κ2) is 11.3. The Morgan fingerprint density at radius 1 is 1.23 bits per heavy atom. The summed E-state index contributed by atoms with van der Waals surface area (Å²) in [5.74, 6) is 1.75. The third kappa shape index (κ3) is 6.87. The van der Waals surface area contributed by atoms with Gasteiger partial charge in [-0.3, -0.25) is 9.89 Å². The van der Waals surface area contributed by atoms with E-state index in [0.717, 1.165) is 62.8 Å². The molecule has 1 unspecified atom stereocenters. The molecule has 2 N–H and O–H groups in total. The normalized spacial score (nSPS) is 19.5. The van der Waals surface area contributed by atoms with Crippen LogP contribution in [0.25, 0.3) is 0 Å². The van der Waals surface area contributed by atoms with Crippen molar-refractivity contribution in [2.24, 2.45) is 10.9 Å². The molecule has 1 aromatic rings. The number of nitrogens with one attached hydrogen (secondary N) is 2. The first kappa shape index (κ1) is 21.7. The standard InChI is InChI=1S/C19H29ClN4O.HI/c1-2-21-19(22-13-15-3-4-15)23-14-18(24-9-11-25-12-10-24)16-5-7-17(20)8-6-16;/h5-8,15,18H,2-4,9-14H2,1H3,(H2,21,22,23);1H. The first-order valence-corrected chi connectivity index (χ1v) is 9.73. The molecule has 1 aliphatic carbocycles. The van der Waals surface area contributed by atoms with E-state index in [1.807, 2.05) is 12.1 Å². The zero-order valence-electron chi connectivity index (χ0n) is 15.4. The quantitative estimate of drug-likeness (QED) is 0.348. The predicted molar refractivity (Wildman–Crippen MR) is 119 cm³/mol. The topological polar surface area (TPSA) is 48.9 Å². The Morgan fingerprint density at radius 2 is 1.92 bits per heavy atom.